The zero-order valence-corrected chi connectivity index (χ0v) is 13.2. The van der Waals surface area contributed by atoms with Crippen molar-refractivity contribution in [2.75, 3.05) is 6.54 Å². The zero-order valence-electron chi connectivity index (χ0n) is 13.2. The van der Waals surface area contributed by atoms with Crippen molar-refractivity contribution < 1.29 is 9.21 Å². The van der Waals surface area contributed by atoms with Crippen molar-refractivity contribution in [3.63, 3.8) is 0 Å². The molecular formula is C17H28N2O2. The van der Waals surface area contributed by atoms with Gasteiger partial charge in [0.2, 0.25) is 5.91 Å². The Labute approximate surface area is 127 Å². The van der Waals surface area contributed by atoms with Crippen LogP contribution in [0.2, 0.25) is 0 Å². The molecule has 1 aromatic rings. The van der Waals surface area contributed by atoms with E-state index in [1.165, 1.54) is 32.1 Å². The maximum absolute atomic E-state index is 11.9. The van der Waals surface area contributed by atoms with E-state index in [-0.39, 0.29) is 11.9 Å². The number of furan rings is 1. The highest BCUT2D eigenvalue weighted by atomic mass is 16.3. The van der Waals surface area contributed by atoms with Crippen LogP contribution in [0.4, 0.5) is 0 Å². The average molecular weight is 292 g/mol. The molecule has 0 saturated heterocycles. The van der Waals surface area contributed by atoms with Gasteiger partial charge in [0.1, 0.15) is 5.76 Å². The molecule has 0 radical (unpaired) electrons. The monoisotopic (exact) mass is 292 g/mol. The fraction of sp³-hybridized carbons (Fsp3) is 0.706. The molecule has 0 aromatic carbocycles. The van der Waals surface area contributed by atoms with Crippen molar-refractivity contribution >= 4 is 5.91 Å². The minimum Gasteiger partial charge on any atom is -0.467 e. The second kappa shape index (κ2) is 8.23. The lowest BCUT2D eigenvalue weighted by Gasteiger charge is -2.26. The summed E-state index contributed by atoms with van der Waals surface area (Å²) in [6, 6.07) is 3.54. The van der Waals surface area contributed by atoms with Gasteiger partial charge in [-0.15, -0.1) is 0 Å². The molecule has 4 nitrogen and oxygen atoms in total. The largest absolute Gasteiger partial charge is 0.467 e. The SMILES string of the molecule is CC1CCC(CCNC(C)C(=O)NCc2ccco2)CC1. The van der Waals surface area contributed by atoms with Crippen molar-refractivity contribution in [3.05, 3.63) is 24.2 Å². The molecule has 118 valence electrons. The highest BCUT2D eigenvalue weighted by Crippen LogP contribution is 2.29. The molecule has 2 N–H and O–H groups in total. The number of hydrogen-bond acceptors (Lipinski definition) is 3. The molecule has 0 spiro atoms. The summed E-state index contributed by atoms with van der Waals surface area (Å²) >= 11 is 0. The first-order chi connectivity index (χ1) is 10.1. The van der Waals surface area contributed by atoms with Crippen molar-refractivity contribution in [1.82, 2.24) is 10.6 Å². The first kappa shape index (κ1) is 16.1. The minimum atomic E-state index is -0.150. The summed E-state index contributed by atoms with van der Waals surface area (Å²) in [5.74, 6) is 2.56. The van der Waals surface area contributed by atoms with Gasteiger partial charge in [-0.3, -0.25) is 4.79 Å². The van der Waals surface area contributed by atoms with Crippen LogP contribution in [0.25, 0.3) is 0 Å². The Morgan fingerprint density at radius 1 is 1.38 bits per heavy atom. The number of carbonyl (C=O) groups excluding carboxylic acids is 1. The second-order valence-corrected chi connectivity index (χ2v) is 6.39. The zero-order chi connectivity index (χ0) is 15.1. The number of amides is 1. The summed E-state index contributed by atoms with van der Waals surface area (Å²) in [5, 5.41) is 6.21. The van der Waals surface area contributed by atoms with Gasteiger partial charge < -0.3 is 15.1 Å². The Morgan fingerprint density at radius 2 is 2.14 bits per heavy atom. The van der Waals surface area contributed by atoms with Gasteiger partial charge in [-0.05, 0) is 43.9 Å². The van der Waals surface area contributed by atoms with Gasteiger partial charge in [-0.25, -0.2) is 0 Å². The van der Waals surface area contributed by atoms with Crippen LogP contribution >= 0.6 is 0 Å². The molecule has 1 heterocycles. The molecule has 4 heteroatoms. The molecule has 1 atom stereocenters. The number of carbonyl (C=O) groups is 1. The summed E-state index contributed by atoms with van der Waals surface area (Å²) in [6.45, 7) is 5.65. The third-order valence-electron chi connectivity index (χ3n) is 4.55. The third-order valence-corrected chi connectivity index (χ3v) is 4.55. The summed E-state index contributed by atoms with van der Waals surface area (Å²) in [4.78, 5) is 11.9. The lowest BCUT2D eigenvalue weighted by atomic mass is 9.81. The fourth-order valence-corrected chi connectivity index (χ4v) is 2.95. The van der Waals surface area contributed by atoms with Crippen LogP contribution in [0, 0.1) is 11.8 Å². The highest BCUT2D eigenvalue weighted by molar-refractivity contribution is 5.81. The van der Waals surface area contributed by atoms with E-state index in [9.17, 15) is 4.79 Å². The van der Waals surface area contributed by atoms with Gasteiger partial charge in [-0.2, -0.15) is 0 Å². The lowest BCUT2D eigenvalue weighted by Crippen LogP contribution is -2.42. The van der Waals surface area contributed by atoms with E-state index in [4.69, 9.17) is 4.42 Å². The maximum atomic E-state index is 11.9. The first-order valence-electron chi connectivity index (χ1n) is 8.18. The minimum absolute atomic E-state index is 0.0312. The van der Waals surface area contributed by atoms with E-state index < -0.39 is 0 Å². The van der Waals surface area contributed by atoms with Gasteiger partial charge in [0.15, 0.2) is 0 Å². The third kappa shape index (κ3) is 5.54. The lowest BCUT2D eigenvalue weighted by molar-refractivity contribution is -0.123. The van der Waals surface area contributed by atoms with E-state index in [1.54, 1.807) is 6.26 Å². The molecule has 0 aliphatic heterocycles. The predicted molar refractivity (Wildman–Crippen MR) is 83.8 cm³/mol. The topological polar surface area (TPSA) is 54.3 Å². The Bertz CT molecular complexity index is 408. The fourth-order valence-electron chi connectivity index (χ4n) is 2.95. The molecule has 2 rings (SSSR count). The standard InChI is InChI=1S/C17H28N2O2/c1-13-5-7-15(8-6-13)9-10-18-14(2)17(20)19-12-16-4-3-11-21-16/h3-4,11,13-15,18H,5-10,12H2,1-2H3,(H,19,20). The number of rotatable bonds is 7. The van der Waals surface area contributed by atoms with Crippen LogP contribution in [0.3, 0.4) is 0 Å². The second-order valence-electron chi connectivity index (χ2n) is 6.39. The molecular weight excluding hydrogens is 264 g/mol. The van der Waals surface area contributed by atoms with Crippen LogP contribution in [0.15, 0.2) is 22.8 Å². The average Bonchev–Trinajstić information content (AvgIpc) is 3.00. The summed E-state index contributed by atoms with van der Waals surface area (Å²) in [6.07, 6.45) is 8.23. The van der Waals surface area contributed by atoms with E-state index in [1.807, 2.05) is 19.1 Å². The summed E-state index contributed by atoms with van der Waals surface area (Å²) in [5.41, 5.74) is 0. The van der Waals surface area contributed by atoms with E-state index >= 15 is 0 Å². The van der Waals surface area contributed by atoms with E-state index in [0.29, 0.717) is 6.54 Å². The molecule has 1 unspecified atom stereocenters. The Balaban J connectivity index is 1.58. The van der Waals surface area contributed by atoms with E-state index in [2.05, 4.69) is 17.6 Å². The van der Waals surface area contributed by atoms with Crippen molar-refractivity contribution in [2.24, 2.45) is 11.8 Å². The molecule has 1 aliphatic carbocycles. The van der Waals surface area contributed by atoms with Gasteiger partial charge in [0, 0.05) is 0 Å². The van der Waals surface area contributed by atoms with Crippen LogP contribution in [0.5, 0.6) is 0 Å². The molecule has 1 fully saturated rings. The van der Waals surface area contributed by atoms with Crippen LogP contribution in [-0.4, -0.2) is 18.5 Å². The van der Waals surface area contributed by atoms with Gasteiger partial charge in [0.25, 0.3) is 0 Å². The van der Waals surface area contributed by atoms with Gasteiger partial charge in [0.05, 0.1) is 18.8 Å². The van der Waals surface area contributed by atoms with Crippen molar-refractivity contribution in [3.8, 4) is 0 Å². The number of nitrogens with one attached hydrogen (secondary N) is 2. The quantitative estimate of drug-likeness (QED) is 0.812. The predicted octanol–water partition coefficient (Wildman–Crippen LogP) is 3.09. The molecule has 1 amide bonds. The molecule has 21 heavy (non-hydrogen) atoms. The molecule has 1 aliphatic rings. The van der Waals surface area contributed by atoms with Gasteiger partial charge >= 0.3 is 0 Å². The van der Waals surface area contributed by atoms with Crippen molar-refractivity contribution in [1.29, 1.82) is 0 Å². The van der Waals surface area contributed by atoms with Gasteiger partial charge in [-0.1, -0.05) is 32.6 Å². The smallest absolute Gasteiger partial charge is 0.237 e. The highest BCUT2D eigenvalue weighted by Gasteiger charge is 2.18. The Kier molecular flexibility index (Phi) is 6.30. The van der Waals surface area contributed by atoms with Crippen LogP contribution in [0.1, 0.15) is 51.7 Å². The maximum Gasteiger partial charge on any atom is 0.237 e. The van der Waals surface area contributed by atoms with Crippen LogP contribution < -0.4 is 10.6 Å². The van der Waals surface area contributed by atoms with E-state index in [0.717, 1.165) is 24.1 Å². The normalized spacial score (nSPS) is 23.7. The summed E-state index contributed by atoms with van der Waals surface area (Å²) < 4.78 is 5.20. The van der Waals surface area contributed by atoms with Crippen LogP contribution in [-0.2, 0) is 11.3 Å². The Hall–Kier alpha value is -1.29. The van der Waals surface area contributed by atoms with Crippen molar-refractivity contribution in [2.45, 2.75) is 58.5 Å². The first-order valence-corrected chi connectivity index (χ1v) is 8.18. The molecule has 1 aromatic heterocycles. The Morgan fingerprint density at radius 3 is 2.81 bits per heavy atom. The number of hydrogen-bond donors (Lipinski definition) is 2. The molecule has 1 saturated carbocycles. The summed E-state index contributed by atoms with van der Waals surface area (Å²) in [7, 11) is 0. The molecule has 0 bridgehead atoms.